The van der Waals surface area contributed by atoms with Gasteiger partial charge in [0.25, 0.3) is 0 Å². The zero-order valence-corrected chi connectivity index (χ0v) is 11.9. The molecule has 0 saturated heterocycles. The molecule has 1 aromatic heterocycles. The average Bonchev–Trinajstić information content (AvgIpc) is 3.12. The van der Waals surface area contributed by atoms with Gasteiger partial charge in [-0.05, 0) is 12.8 Å². The summed E-state index contributed by atoms with van der Waals surface area (Å²) in [4.78, 5) is 4.85. The molecule has 2 aromatic rings. The van der Waals surface area contributed by atoms with Crippen molar-refractivity contribution in [1.29, 1.82) is 0 Å². The summed E-state index contributed by atoms with van der Waals surface area (Å²) in [5.41, 5.74) is 8.51. The summed E-state index contributed by atoms with van der Waals surface area (Å²) in [7, 11) is 0. The van der Waals surface area contributed by atoms with Crippen molar-refractivity contribution in [3.05, 3.63) is 36.0 Å². The molecule has 3 rings (SSSR count). The first-order valence-corrected chi connectivity index (χ1v) is 6.92. The first-order chi connectivity index (χ1) is 8.98. The number of anilines is 1. The summed E-state index contributed by atoms with van der Waals surface area (Å²) in [6.45, 7) is 6.49. The van der Waals surface area contributed by atoms with Gasteiger partial charge in [0.15, 0.2) is 0 Å². The number of rotatable bonds is 2. The fourth-order valence-corrected chi connectivity index (χ4v) is 2.49. The van der Waals surface area contributed by atoms with Gasteiger partial charge in [-0.2, -0.15) is 0 Å². The lowest BCUT2D eigenvalue weighted by Crippen LogP contribution is -2.15. The van der Waals surface area contributed by atoms with Gasteiger partial charge in [0.2, 0.25) is 0 Å². The molecule has 0 spiro atoms. The molecule has 3 heteroatoms. The largest absolute Gasteiger partial charge is 0.384 e. The van der Waals surface area contributed by atoms with Crippen LogP contribution in [0.4, 0.5) is 5.82 Å². The lowest BCUT2D eigenvalue weighted by Gasteiger charge is -2.16. The van der Waals surface area contributed by atoms with Crippen LogP contribution in [0.25, 0.3) is 11.4 Å². The molecule has 3 nitrogen and oxygen atoms in total. The molecule has 1 fully saturated rings. The summed E-state index contributed by atoms with van der Waals surface area (Å²) in [5.74, 6) is 1.86. The highest BCUT2D eigenvalue weighted by atomic mass is 15.2. The van der Waals surface area contributed by atoms with E-state index in [0.717, 1.165) is 22.9 Å². The molecule has 1 aliphatic rings. The van der Waals surface area contributed by atoms with Gasteiger partial charge in [-0.15, -0.1) is 0 Å². The molecule has 1 saturated carbocycles. The topological polar surface area (TPSA) is 43.8 Å². The Morgan fingerprint density at radius 3 is 2.32 bits per heavy atom. The molecule has 100 valence electrons. The summed E-state index contributed by atoms with van der Waals surface area (Å²) in [6.07, 6.45) is 2.42. The summed E-state index contributed by atoms with van der Waals surface area (Å²) in [5, 5.41) is 0. The highest BCUT2D eigenvalue weighted by molar-refractivity contribution is 5.62. The Balaban J connectivity index is 2.19. The SMILES string of the molecule is CC(C)(C)c1nc(-c2ccccc2)n(C2CC2)c1N. The van der Waals surface area contributed by atoms with E-state index < -0.39 is 0 Å². The van der Waals surface area contributed by atoms with E-state index in [9.17, 15) is 0 Å². The van der Waals surface area contributed by atoms with Crippen LogP contribution in [-0.2, 0) is 5.41 Å². The smallest absolute Gasteiger partial charge is 0.142 e. The van der Waals surface area contributed by atoms with Crippen LogP contribution in [0.3, 0.4) is 0 Å². The summed E-state index contributed by atoms with van der Waals surface area (Å²) >= 11 is 0. The van der Waals surface area contributed by atoms with Crippen LogP contribution in [-0.4, -0.2) is 9.55 Å². The minimum atomic E-state index is -0.0201. The van der Waals surface area contributed by atoms with E-state index in [1.165, 1.54) is 12.8 Å². The molecule has 19 heavy (non-hydrogen) atoms. The second kappa shape index (κ2) is 4.12. The van der Waals surface area contributed by atoms with E-state index in [-0.39, 0.29) is 5.41 Å². The second-order valence-corrected chi connectivity index (χ2v) is 6.39. The number of nitrogens with two attached hydrogens (primary N) is 1. The number of hydrogen-bond donors (Lipinski definition) is 1. The molecule has 0 aliphatic heterocycles. The maximum Gasteiger partial charge on any atom is 0.142 e. The average molecular weight is 255 g/mol. The third kappa shape index (κ3) is 2.14. The van der Waals surface area contributed by atoms with E-state index >= 15 is 0 Å². The number of benzene rings is 1. The fraction of sp³-hybridized carbons (Fsp3) is 0.438. The van der Waals surface area contributed by atoms with Crippen molar-refractivity contribution >= 4 is 5.82 Å². The van der Waals surface area contributed by atoms with E-state index in [4.69, 9.17) is 10.7 Å². The van der Waals surface area contributed by atoms with Gasteiger partial charge >= 0.3 is 0 Å². The molecule has 1 aliphatic carbocycles. The van der Waals surface area contributed by atoms with Crippen LogP contribution < -0.4 is 5.73 Å². The Kier molecular flexibility index (Phi) is 2.66. The van der Waals surface area contributed by atoms with E-state index in [2.05, 4.69) is 37.5 Å². The highest BCUT2D eigenvalue weighted by Gasteiger charge is 2.33. The predicted octanol–water partition coefficient (Wildman–Crippen LogP) is 3.76. The first kappa shape index (κ1) is 12.3. The van der Waals surface area contributed by atoms with Crippen LogP contribution in [0, 0.1) is 0 Å². The molecule has 0 bridgehead atoms. The van der Waals surface area contributed by atoms with Gasteiger partial charge < -0.3 is 10.3 Å². The Bertz CT molecular complexity index is 586. The van der Waals surface area contributed by atoms with Gasteiger partial charge in [0.05, 0.1) is 5.69 Å². The summed E-state index contributed by atoms with van der Waals surface area (Å²) in [6, 6.07) is 10.9. The fourth-order valence-electron chi connectivity index (χ4n) is 2.49. The van der Waals surface area contributed by atoms with E-state index in [0.29, 0.717) is 6.04 Å². The Labute approximate surface area is 114 Å². The Morgan fingerprint density at radius 2 is 1.79 bits per heavy atom. The number of nitrogens with zero attached hydrogens (tertiary/aromatic N) is 2. The zero-order valence-electron chi connectivity index (χ0n) is 11.9. The lowest BCUT2D eigenvalue weighted by molar-refractivity contribution is 0.574. The van der Waals surface area contributed by atoms with Gasteiger partial charge in [-0.3, -0.25) is 0 Å². The number of imidazole rings is 1. The highest BCUT2D eigenvalue weighted by Crippen LogP contribution is 2.43. The van der Waals surface area contributed by atoms with Crippen molar-refractivity contribution in [2.24, 2.45) is 0 Å². The van der Waals surface area contributed by atoms with E-state index in [1.54, 1.807) is 0 Å². The Hall–Kier alpha value is -1.77. The van der Waals surface area contributed by atoms with Crippen molar-refractivity contribution in [3.8, 4) is 11.4 Å². The molecular weight excluding hydrogens is 234 g/mol. The van der Waals surface area contributed by atoms with Crippen molar-refractivity contribution in [2.75, 3.05) is 5.73 Å². The minimum Gasteiger partial charge on any atom is -0.384 e. The van der Waals surface area contributed by atoms with Crippen molar-refractivity contribution in [3.63, 3.8) is 0 Å². The second-order valence-electron chi connectivity index (χ2n) is 6.39. The molecule has 1 aromatic carbocycles. The molecule has 2 N–H and O–H groups in total. The van der Waals surface area contributed by atoms with Crippen LogP contribution in [0.1, 0.15) is 45.3 Å². The first-order valence-electron chi connectivity index (χ1n) is 6.92. The maximum absolute atomic E-state index is 6.37. The Morgan fingerprint density at radius 1 is 1.16 bits per heavy atom. The third-order valence-electron chi connectivity index (χ3n) is 3.60. The molecule has 0 unspecified atom stereocenters. The number of aromatic nitrogens is 2. The molecule has 1 heterocycles. The van der Waals surface area contributed by atoms with Gasteiger partial charge in [-0.1, -0.05) is 51.1 Å². The van der Waals surface area contributed by atoms with Gasteiger partial charge in [-0.25, -0.2) is 4.98 Å². The van der Waals surface area contributed by atoms with Gasteiger partial charge in [0.1, 0.15) is 11.6 Å². The van der Waals surface area contributed by atoms with Gasteiger partial charge in [0, 0.05) is 17.0 Å². The predicted molar refractivity (Wildman–Crippen MR) is 79.0 cm³/mol. The van der Waals surface area contributed by atoms with Crippen LogP contribution >= 0.6 is 0 Å². The standard InChI is InChI=1S/C16H21N3/c1-16(2,3)13-14(17)19(12-9-10-12)15(18-13)11-7-5-4-6-8-11/h4-8,12H,9-10,17H2,1-3H3. The zero-order chi connectivity index (χ0) is 13.6. The maximum atomic E-state index is 6.37. The number of hydrogen-bond acceptors (Lipinski definition) is 2. The van der Waals surface area contributed by atoms with Crippen LogP contribution in [0.15, 0.2) is 30.3 Å². The summed E-state index contributed by atoms with van der Waals surface area (Å²) < 4.78 is 2.23. The molecule has 0 atom stereocenters. The minimum absolute atomic E-state index is 0.0201. The number of nitrogen functional groups attached to an aromatic ring is 1. The van der Waals surface area contributed by atoms with E-state index in [1.807, 2.05) is 18.2 Å². The molecular formula is C16H21N3. The van der Waals surface area contributed by atoms with Crippen molar-refractivity contribution in [2.45, 2.75) is 45.1 Å². The lowest BCUT2D eigenvalue weighted by atomic mass is 9.92. The molecule has 0 radical (unpaired) electrons. The van der Waals surface area contributed by atoms with Crippen LogP contribution in [0.5, 0.6) is 0 Å². The monoisotopic (exact) mass is 255 g/mol. The quantitative estimate of drug-likeness (QED) is 0.887. The third-order valence-corrected chi connectivity index (χ3v) is 3.60. The van der Waals surface area contributed by atoms with Crippen molar-refractivity contribution < 1.29 is 0 Å². The van der Waals surface area contributed by atoms with Crippen molar-refractivity contribution in [1.82, 2.24) is 9.55 Å². The molecule has 0 amide bonds. The normalized spacial score (nSPS) is 15.7. The van der Waals surface area contributed by atoms with Crippen LogP contribution in [0.2, 0.25) is 0 Å².